The minimum absolute atomic E-state index is 0.0514. The van der Waals surface area contributed by atoms with E-state index in [-0.39, 0.29) is 24.4 Å². The summed E-state index contributed by atoms with van der Waals surface area (Å²) in [7, 11) is 3.88. The number of carbonyl (C=O) groups is 2. The second-order valence-corrected chi connectivity index (χ2v) is 7.07. The van der Waals surface area contributed by atoms with E-state index in [9.17, 15) is 9.59 Å². The highest BCUT2D eigenvalue weighted by molar-refractivity contribution is 6.02. The zero-order chi connectivity index (χ0) is 18.8. The zero-order valence-electron chi connectivity index (χ0n) is 15.8. The number of hydrogen-bond donors (Lipinski definition) is 0. The van der Waals surface area contributed by atoms with Crippen LogP contribution in [0.4, 0.5) is 11.4 Å². The molecule has 0 N–H and O–H groups in total. The molecule has 136 valence electrons. The summed E-state index contributed by atoms with van der Waals surface area (Å²) in [5.41, 5.74) is 3.62. The first-order valence-corrected chi connectivity index (χ1v) is 8.82. The minimum Gasteiger partial charge on any atom is -0.378 e. The van der Waals surface area contributed by atoms with Crippen molar-refractivity contribution in [3.63, 3.8) is 0 Å². The monoisotopic (exact) mass is 351 g/mol. The molecule has 1 aliphatic rings. The van der Waals surface area contributed by atoms with Crippen molar-refractivity contribution in [2.45, 2.75) is 19.9 Å². The lowest BCUT2D eigenvalue weighted by Gasteiger charge is -2.39. The highest BCUT2D eigenvalue weighted by atomic mass is 16.2. The summed E-state index contributed by atoms with van der Waals surface area (Å²) < 4.78 is 0. The maximum atomic E-state index is 13.0. The third-order valence-electron chi connectivity index (χ3n) is 4.80. The molecule has 5 heteroatoms. The lowest BCUT2D eigenvalue weighted by atomic mass is 10.1. The predicted octanol–water partition coefficient (Wildman–Crippen LogP) is 2.94. The van der Waals surface area contributed by atoms with Crippen molar-refractivity contribution in [3.05, 3.63) is 59.7 Å². The molecule has 1 fully saturated rings. The van der Waals surface area contributed by atoms with E-state index in [0.29, 0.717) is 12.1 Å². The van der Waals surface area contributed by atoms with Crippen LogP contribution in [0.15, 0.2) is 48.5 Å². The maximum Gasteiger partial charge on any atom is 0.254 e. The summed E-state index contributed by atoms with van der Waals surface area (Å²) in [6, 6.07) is 15.4. The largest absolute Gasteiger partial charge is 0.378 e. The molecule has 1 atom stereocenters. The number of nitrogens with zero attached hydrogens (tertiary/aromatic N) is 3. The molecular formula is C21H25N3O2. The fraction of sp³-hybridized carbons (Fsp3) is 0.333. The molecule has 2 amide bonds. The van der Waals surface area contributed by atoms with Gasteiger partial charge >= 0.3 is 0 Å². The van der Waals surface area contributed by atoms with Crippen molar-refractivity contribution in [1.82, 2.24) is 4.90 Å². The average Bonchev–Trinajstić information content (AvgIpc) is 2.63. The second-order valence-electron chi connectivity index (χ2n) is 7.07. The first kappa shape index (κ1) is 18.0. The molecule has 5 nitrogen and oxygen atoms in total. The Labute approximate surface area is 154 Å². The number of aryl methyl sites for hydroxylation is 1. The zero-order valence-corrected chi connectivity index (χ0v) is 15.8. The van der Waals surface area contributed by atoms with E-state index in [1.165, 1.54) is 0 Å². The van der Waals surface area contributed by atoms with Gasteiger partial charge in [-0.05, 0) is 44.2 Å². The molecule has 1 heterocycles. The molecular weight excluding hydrogens is 326 g/mol. The summed E-state index contributed by atoms with van der Waals surface area (Å²) in [4.78, 5) is 31.0. The molecule has 1 unspecified atom stereocenters. The van der Waals surface area contributed by atoms with Gasteiger partial charge in [0.25, 0.3) is 5.91 Å². The smallest absolute Gasteiger partial charge is 0.254 e. The Morgan fingerprint density at radius 2 is 1.81 bits per heavy atom. The molecule has 1 aliphatic heterocycles. The third kappa shape index (κ3) is 3.57. The van der Waals surface area contributed by atoms with Crippen LogP contribution in [0, 0.1) is 6.92 Å². The minimum atomic E-state index is -0.0990. The Bertz CT molecular complexity index is 814. The van der Waals surface area contributed by atoms with Crippen LogP contribution in [-0.2, 0) is 4.79 Å². The van der Waals surface area contributed by atoms with E-state index in [1.807, 2.05) is 75.3 Å². The van der Waals surface area contributed by atoms with Gasteiger partial charge in [0.1, 0.15) is 6.54 Å². The number of hydrogen-bond acceptors (Lipinski definition) is 3. The molecule has 0 bridgehead atoms. The second kappa shape index (κ2) is 7.20. The number of amides is 2. The first-order valence-electron chi connectivity index (χ1n) is 8.82. The predicted molar refractivity (Wildman–Crippen MR) is 105 cm³/mol. The molecule has 0 spiro atoms. The van der Waals surface area contributed by atoms with E-state index < -0.39 is 0 Å². The van der Waals surface area contributed by atoms with E-state index in [4.69, 9.17) is 0 Å². The molecule has 0 aromatic heterocycles. The van der Waals surface area contributed by atoms with Crippen molar-refractivity contribution >= 4 is 23.2 Å². The van der Waals surface area contributed by atoms with Crippen LogP contribution in [0.25, 0.3) is 0 Å². The molecule has 0 aliphatic carbocycles. The topological polar surface area (TPSA) is 43.9 Å². The summed E-state index contributed by atoms with van der Waals surface area (Å²) in [5, 5.41) is 0. The standard InChI is InChI=1S/C21H25N3O2/c1-15-8-10-18(11-9-15)24-13-16(2)23(14-20(24)25)21(26)17-6-5-7-19(12-17)22(3)4/h5-12,16H,13-14H2,1-4H3. The fourth-order valence-corrected chi connectivity index (χ4v) is 3.18. The average molecular weight is 351 g/mol. The molecule has 2 aromatic rings. The van der Waals surface area contributed by atoms with Gasteiger partial charge in [-0.15, -0.1) is 0 Å². The normalized spacial score (nSPS) is 17.4. The van der Waals surface area contributed by atoms with Gasteiger partial charge in [-0.2, -0.15) is 0 Å². The van der Waals surface area contributed by atoms with Gasteiger partial charge in [0.2, 0.25) is 5.91 Å². The molecule has 0 radical (unpaired) electrons. The van der Waals surface area contributed by atoms with E-state index in [0.717, 1.165) is 16.9 Å². The molecule has 0 saturated carbocycles. The Morgan fingerprint density at radius 1 is 1.12 bits per heavy atom. The number of carbonyl (C=O) groups excluding carboxylic acids is 2. The molecule has 2 aromatic carbocycles. The number of benzene rings is 2. The third-order valence-corrected chi connectivity index (χ3v) is 4.80. The quantitative estimate of drug-likeness (QED) is 0.854. The van der Waals surface area contributed by atoms with Gasteiger partial charge in [-0.3, -0.25) is 9.59 Å². The Kier molecular flexibility index (Phi) is 4.98. The lowest BCUT2D eigenvalue weighted by molar-refractivity contribution is -0.121. The van der Waals surface area contributed by atoms with Crippen LogP contribution in [0.2, 0.25) is 0 Å². The van der Waals surface area contributed by atoms with E-state index in [1.54, 1.807) is 15.9 Å². The van der Waals surface area contributed by atoms with Crippen molar-refractivity contribution < 1.29 is 9.59 Å². The highest BCUT2D eigenvalue weighted by Crippen LogP contribution is 2.23. The van der Waals surface area contributed by atoms with Crippen LogP contribution in [0.5, 0.6) is 0 Å². The fourth-order valence-electron chi connectivity index (χ4n) is 3.18. The first-order chi connectivity index (χ1) is 12.4. The number of rotatable bonds is 3. The van der Waals surface area contributed by atoms with Crippen LogP contribution >= 0.6 is 0 Å². The SMILES string of the molecule is Cc1ccc(N2CC(C)N(C(=O)c3cccc(N(C)C)c3)CC2=O)cc1. The van der Waals surface area contributed by atoms with Gasteiger partial charge in [0, 0.05) is 43.6 Å². The molecule has 26 heavy (non-hydrogen) atoms. The Morgan fingerprint density at radius 3 is 2.46 bits per heavy atom. The number of anilines is 2. The Balaban J connectivity index is 1.79. The maximum absolute atomic E-state index is 13.0. The van der Waals surface area contributed by atoms with Crippen molar-refractivity contribution in [2.24, 2.45) is 0 Å². The van der Waals surface area contributed by atoms with Crippen molar-refractivity contribution in [1.29, 1.82) is 0 Å². The summed E-state index contributed by atoms with van der Waals surface area (Å²) >= 11 is 0. The van der Waals surface area contributed by atoms with Crippen molar-refractivity contribution in [2.75, 3.05) is 37.0 Å². The van der Waals surface area contributed by atoms with Gasteiger partial charge < -0.3 is 14.7 Å². The molecule has 1 saturated heterocycles. The van der Waals surface area contributed by atoms with Gasteiger partial charge in [-0.1, -0.05) is 23.8 Å². The van der Waals surface area contributed by atoms with Crippen LogP contribution < -0.4 is 9.80 Å². The van der Waals surface area contributed by atoms with Crippen LogP contribution in [0.1, 0.15) is 22.8 Å². The van der Waals surface area contributed by atoms with Gasteiger partial charge in [0.05, 0.1) is 0 Å². The van der Waals surface area contributed by atoms with Gasteiger partial charge in [-0.25, -0.2) is 0 Å². The number of piperazine rings is 1. The summed E-state index contributed by atoms with van der Waals surface area (Å²) in [6.45, 7) is 4.61. The van der Waals surface area contributed by atoms with E-state index in [2.05, 4.69) is 0 Å². The summed E-state index contributed by atoms with van der Waals surface area (Å²) in [5.74, 6) is -0.151. The summed E-state index contributed by atoms with van der Waals surface area (Å²) in [6.07, 6.45) is 0. The van der Waals surface area contributed by atoms with Crippen molar-refractivity contribution in [3.8, 4) is 0 Å². The van der Waals surface area contributed by atoms with Gasteiger partial charge in [0.15, 0.2) is 0 Å². The molecule has 3 rings (SSSR count). The van der Waals surface area contributed by atoms with Crippen LogP contribution in [-0.4, -0.2) is 49.9 Å². The lowest BCUT2D eigenvalue weighted by Crippen LogP contribution is -2.57. The van der Waals surface area contributed by atoms with E-state index >= 15 is 0 Å². The highest BCUT2D eigenvalue weighted by Gasteiger charge is 2.33. The Hall–Kier alpha value is -2.82. The van der Waals surface area contributed by atoms with Crippen LogP contribution in [0.3, 0.4) is 0 Å².